The standard InChI is InChI=1S/C14H15N7O2/c15-11(22)7-1-3-8(4-2-7)17-5-9-6-18-12-10(19-9)13(23)21-14(16)20-12/h1-4,9,17H,5-6H2,(H2,15,22)(H3,16,18,20,21,23)/t9-/m1/s1. The van der Waals surface area contributed by atoms with Gasteiger partial charge in [0, 0.05) is 17.8 Å². The van der Waals surface area contributed by atoms with Crippen LogP contribution in [0.2, 0.25) is 0 Å². The van der Waals surface area contributed by atoms with Crippen LogP contribution in [-0.4, -0.2) is 35.0 Å². The molecule has 1 aromatic carbocycles. The Morgan fingerprint density at radius 2 is 2.09 bits per heavy atom. The number of nitrogen functional groups attached to an aromatic ring is 1. The molecule has 118 valence electrons. The molecule has 0 aliphatic carbocycles. The number of aromatic nitrogens is 2. The van der Waals surface area contributed by atoms with Crippen LogP contribution in [0.1, 0.15) is 10.4 Å². The second kappa shape index (κ2) is 5.87. The summed E-state index contributed by atoms with van der Waals surface area (Å²) in [5.41, 5.74) is 11.8. The second-order valence-electron chi connectivity index (χ2n) is 5.07. The van der Waals surface area contributed by atoms with Gasteiger partial charge in [-0.1, -0.05) is 0 Å². The molecule has 0 radical (unpaired) electrons. The van der Waals surface area contributed by atoms with Gasteiger partial charge in [0.15, 0.2) is 10.8 Å². The van der Waals surface area contributed by atoms with E-state index >= 15 is 0 Å². The van der Waals surface area contributed by atoms with Gasteiger partial charge in [0.1, 0.15) is 0 Å². The van der Waals surface area contributed by atoms with Gasteiger partial charge in [0.25, 0.3) is 5.56 Å². The number of nitrogens with one attached hydrogen (secondary N) is 2. The third kappa shape index (κ3) is 3.18. The number of hydrogen-bond acceptors (Lipinski definition) is 7. The predicted molar refractivity (Wildman–Crippen MR) is 83.7 cm³/mol. The van der Waals surface area contributed by atoms with E-state index in [9.17, 15) is 9.59 Å². The van der Waals surface area contributed by atoms with E-state index in [0.717, 1.165) is 5.69 Å². The van der Waals surface area contributed by atoms with Crippen LogP contribution in [0.3, 0.4) is 0 Å². The van der Waals surface area contributed by atoms with Crippen LogP contribution in [0.15, 0.2) is 39.0 Å². The summed E-state index contributed by atoms with van der Waals surface area (Å²) in [5, 5.41) is 3.37. The fraction of sp³-hybridized carbons (Fsp3) is 0.214. The molecule has 2 heterocycles. The first-order valence-corrected chi connectivity index (χ1v) is 6.95. The number of hydrogen-bond donors (Lipinski definition) is 4. The summed E-state index contributed by atoms with van der Waals surface area (Å²) in [6.07, 6.45) is 0. The number of nitrogens with two attached hydrogens (primary N) is 2. The zero-order valence-electron chi connectivity index (χ0n) is 12.1. The Balaban J connectivity index is 1.73. The van der Waals surface area contributed by atoms with Gasteiger partial charge in [0.05, 0.1) is 12.6 Å². The minimum Gasteiger partial charge on any atom is -0.383 e. The average molecular weight is 313 g/mol. The van der Waals surface area contributed by atoms with Crippen molar-refractivity contribution >= 4 is 17.5 Å². The number of nitrogens with zero attached hydrogens (tertiary/aromatic N) is 3. The number of H-pyrrole nitrogens is 1. The predicted octanol–water partition coefficient (Wildman–Crippen LogP) is -1.82. The van der Waals surface area contributed by atoms with Crippen molar-refractivity contribution < 1.29 is 4.79 Å². The van der Waals surface area contributed by atoms with Crippen LogP contribution < -0.4 is 33.2 Å². The van der Waals surface area contributed by atoms with Gasteiger partial charge < -0.3 is 16.8 Å². The smallest absolute Gasteiger partial charge is 0.280 e. The maximum Gasteiger partial charge on any atom is 0.280 e. The number of carbonyl (C=O) groups is 1. The maximum absolute atomic E-state index is 11.8. The Morgan fingerprint density at radius 3 is 2.78 bits per heavy atom. The largest absolute Gasteiger partial charge is 0.383 e. The van der Waals surface area contributed by atoms with Gasteiger partial charge in [-0.05, 0) is 24.3 Å². The number of rotatable bonds is 4. The Hall–Kier alpha value is -3.23. The Labute approximate surface area is 130 Å². The minimum atomic E-state index is -0.472. The number of carbonyl (C=O) groups excluding carboxylic acids is 1. The molecule has 6 N–H and O–H groups in total. The van der Waals surface area contributed by atoms with Gasteiger partial charge in [-0.3, -0.25) is 24.6 Å². The fourth-order valence-electron chi connectivity index (χ4n) is 2.21. The number of fused-ring (bicyclic) bond motifs is 1. The van der Waals surface area contributed by atoms with Gasteiger partial charge in [-0.25, -0.2) is 0 Å². The van der Waals surface area contributed by atoms with Crippen molar-refractivity contribution in [2.45, 2.75) is 6.04 Å². The summed E-state index contributed by atoms with van der Waals surface area (Å²) in [7, 11) is 0. The normalized spacial score (nSPS) is 15.9. The monoisotopic (exact) mass is 313 g/mol. The molecule has 1 amide bonds. The molecule has 0 spiro atoms. The van der Waals surface area contributed by atoms with Crippen LogP contribution in [0, 0.1) is 0 Å². The molecule has 0 saturated heterocycles. The highest BCUT2D eigenvalue weighted by Crippen LogP contribution is 2.09. The van der Waals surface area contributed by atoms with Crippen molar-refractivity contribution in [2.75, 3.05) is 24.1 Å². The molecule has 0 unspecified atom stereocenters. The van der Waals surface area contributed by atoms with Crippen molar-refractivity contribution in [1.29, 1.82) is 0 Å². The van der Waals surface area contributed by atoms with E-state index in [0.29, 0.717) is 18.7 Å². The second-order valence-corrected chi connectivity index (χ2v) is 5.07. The molecule has 1 aliphatic rings. The van der Waals surface area contributed by atoms with Crippen molar-refractivity contribution in [3.63, 3.8) is 0 Å². The molecular weight excluding hydrogens is 298 g/mol. The quantitative estimate of drug-likeness (QED) is 0.524. The number of benzene rings is 1. The summed E-state index contributed by atoms with van der Waals surface area (Å²) < 4.78 is 0. The van der Waals surface area contributed by atoms with Crippen LogP contribution in [0.4, 0.5) is 11.6 Å². The first-order chi connectivity index (χ1) is 11.0. The Morgan fingerprint density at radius 1 is 1.35 bits per heavy atom. The zero-order chi connectivity index (χ0) is 16.4. The lowest BCUT2D eigenvalue weighted by Crippen LogP contribution is -2.48. The number of primary amides is 1. The molecule has 23 heavy (non-hydrogen) atoms. The van der Waals surface area contributed by atoms with E-state index in [2.05, 4.69) is 25.3 Å². The highest BCUT2D eigenvalue weighted by Gasteiger charge is 2.13. The van der Waals surface area contributed by atoms with E-state index in [4.69, 9.17) is 11.5 Å². The van der Waals surface area contributed by atoms with E-state index in [-0.39, 0.29) is 22.8 Å². The maximum atomic E-state index is 11.8. The van der Waals surface area contributed by atoms with Gasteiger partial charge in [-0.15, -0.1) is 0 Å². The average Bonchev–Trinajstić information content (AvgIpc) is 2.53. The molecule has 0 bridgehead atoms. The molecule has 0 fully saturated rings. The first-order valence-electron chi connectivity index (χ1n) is 6.95. The Bertz CT molecular complexity index is 918. The van der Waals surface area contributed by atoms with E-state index in [1.165, 1.54) is 0 Å². The van der Waals surface area contributed by atoms with Crippen molar-refractivity contribution in [1.82, 2.24) is 9.97 Å². The first kappa shape index (κ1) is 14.7. The van der Waals surface area contributed by atoms with Gasteiger partial charge in [-0.2, -0.15) is 4.98 Å². The lowest BCUT2D eigenvalue weighted by atomic mass is 10.2. The summed E-state index contributed by atoms with van der Waals surface area (Å²) in [4.78, 5) is 37.8. The minimum absolute atomic E-state index is 0.0267. The molecule has 9 heteroatoms. The van der Waals surface area contributed by atoms with Crippen LogP contribution >= 0.6 is 0 Å². The lowest BCUT2D eigenvalue weighted by Gasteiger charge is -2.14. The topological polar surface area (TPSA) is 152 Å². The molecular formula is C14H15N7O2. The third-order valence-corrected chi connectivity index (χ3v) is 3.37. The lowest BCUT2D eigenvalue weighted by molar-refractivity contribution is 0.100. The van der Waals surface area contributed by atoms with E-state index in [1.807, 2.05) is 0 Å². The van der Waals surface area contributed by atoms with Gasteiger partial charge >= 0.3 is 0 Å². The van der Waals surface area contributed by atoms with Gasteiger partial charge in [0.2, 0.25) is 11.9 Å². The highest BCUT2D eigenvalue weighted by molar-refractivity contribution is 5.93. The highest BCUT2D eigenvalue weighted by atomic mass is 16.1. The molecule has 1 aliphatic heterocycles. The van der Waals surface area contributed by atoms with Crippen molar-refractivity contribution in [3.05, 3.63) is 51.0 Å². The molecule has 0 saturated carbocycles. The number of aromatic amines is 1. The molecule has 3 rings (SSSR count). The SMILES string of the molecule is NC(=O)c1ccc(NC[C@@H]2CN=c3nc(N)[nH]c(=O)c3=N2)cc1. The summed E-state index contributed by atoms with van der Waals surface area (Å²) in [6.45, 7) is 0.901. The molecule has 2 aromatic rings. The molecule has 1 atom stereocenters. The van der Waals surface area contributed by atoms with Crippen LogP contribution in [0.5, 0.6) is 0 Å². The van der Waals surface area contributed by atoms with E-state index < -0.39 is 11.5 Å². The van der Waals surface area contributed by atoms with Crippen LogP contribution in [-0.2, 0) is 0 Å². The fourth-order valence-corrected chi connectivity index (χ4v) is 2.21. The van der Waals surface area contributed by atoms with Crippen LogP contribution in [0.25, 0.3) is 0 Å². The number of anilines is 2. The van der Waals surface area contributed by atoms with Crippen molar-refractivity contribution in [2.24, 2.45) is 15.7 Å². The summed E-state index contributed by atoms with van der Waals surface area (Å²) in [6, 6.07) is 6.59. The summed E-state index contributed by atoms with van der Waals surface area (Å²) >= 11 is 0. The molecule has 9 nitrogen and oxygen atoms in total. The third-order valence-electron chi connectivity index (χ3n) is 3.37. The number of amides is 1. The summed E-state index contributed by atoms with van der Waals surface area (Å²) in [5.74, 6) is -0.445. The zero-order valence-corrected chi connectivity index (χ0v) is 12.1. The van der Waals surface area contributed by atoms with E-state index in [1.54, 1.807) is 24.3 Å². The molecule has 1 aromatic heterocycles. The Kier molecular flexibility index (Phi) is 3.75. The van der Waals surface area contributed by atoms with Crippen molar-refractivity contribution in [3.8, 4) is 0 Å².